The molecule has 1 saturated carbocycles. The van der Waals surface area contributed by atoms with Gasteiger partial charge in [-0.1, -0.05) is 0 Å². The van der Waals surface area contributed by atoms with Crippen molar-refractivity contribution in [1.29, 1.82) is 5.26 Å². The standard InChI is InChI=1S/C12H13FN2O/c1-16-11-6-12(7-11,8-14)15-10-4-2-9(13)3-5-10/h2-5,11,15H,6-7H2,1H3. The van der Waals surface area contributed by atoms with Gasteiger partial charge in [-0.25, -0.2) is 4.39 Å². The van der Waals surface area contributed by atoms with Gasteiger partial charge in [-0.3, -0.25) is 0 Å². The molecule has 1 aromatic rings. The predicted octanol–water partition coefficient (Wildman–Crippen LogP) is 2.31. The third-order valence-corrected chi connectivity index (χ3v) is 2.93. The Kier molecular flexibility index (Phi) is 2.80. The second-order valence-corrected chi connectivity index (χ2v) is 4.09. The molecular weight excluding hydrogens is 207 g/mol. The fourth-order valence-corrected chi connectivity index (χ4v) is 1.92. The monoisotopic (exact) mass is 220 g/mol. The van der Waals surface area contributed by atoms with Gasteiger partial charge in [0.1, 0.15) is 11.4 Å². The van der Waals surface area contributed by atoms with Gasteiger partial charge < -0.3 is 10.1 Å². The number of nitrogens with one attached hydrogen (secondary N) is 1. The predicted molar refractivity (Wildman–Crippen MR) is 58.4 cm³/mol. The normalized spacial score (nSPS) is 27.9. The number of rotatable bonds is 3. The molecule has 0 saturated heterocycles. The number of nitrogens with zero attached hydrogens (tertiary/aromatic N) is 1. The lowest BCUT2D eigenvalue weighted by atomic mass is 9.75. The molecule has 1 aliphatic rings. The fraction of sp³-hybridized carbons (Fsp3) is 0.417. The van der Waals surface area contributed by atoms with Gasteiger partial charge in [0.05, 0.1) is 12.2 Å². The number of anilines is 1. The van der Waals surface area contributed by atoms with Crippen molar-refractivity contribution in [2.45, 2.75) is 24.5 Å². The Bertz CT molecular complexity index is 404. The molecule has 4 heteroatoms. The van der Waals surface area contributed by atoms with Crippen LogP contribution < -0.4 is 5.32 Å². The van der Waals surface area contributed by atoms with E-state index in [0.29, 0.717) is 12.8 Å². The van der Waals surface area contributed by atoms with E-state index in [9.17, 15) is 4.39 Å². The zero-order chi connectivity index (χ0) is 11.6. The van der Waals surface area contributed by atoms with Gasteiger partial charge in [0.15, 0.2) is 0 Å². The molecule has 0 radical (unpaired) electrons. The highest BCUT2D eigenvalue weighted by atomic mass is 19.1. The summed E-state index contributed by atoms with van der Waals surface area (Å²) in [5, 5.41) is 12.2. The molecule has 1 aliphatic carbocycles. The Labute approximate surface area is 93.8 Å². The molecule has 3 nitrogen and oxygen atoms in total. The maximum absolute atomic E-state index is 12.7. The van der Waals surface area contributed by atoms with E-state index in [4.69, 9.17) is 10.00 Å². The number of hydrogen-bond acceptors (Lipinski definition) is 3. The van der Waals surface area contributed by atoms with Crippen LogP contribution in [-0.4, -0.2) is 18.8 Å². The summed E-state index contributed by atoms with van der Waals surface area (Å²) in [6, 6.07) is 8.27. The Morgan fingerprint density at radius 2 is 2.06 bits per heavy atom. The summed E-state index contributed by atoms with van der Waals surface area (Å²) < 4.78 is 17.9. The van der Waals surface area contributed by atoms with Crippen LogP contribution in [0.4, 0.5) is 10.1 Å². The summed E-state index contributed by atoms with van der Waals surface area (Å²) in [6.07, 6.45) is 1.47. The molecule has 0 atom stereocenters. The minimum atomic E-state index is -0.557. The highest BCUT2D eigenvalue weighted by Gasteiger charge is 2.45. The SMILES string of the molecule is COC1CC(C#N)(Nc2ccc(F)cc2)C1. The van der Waals surface area contributed by atoms with Crippen molar-refractivity contribution >= 4 is 5.69 Å². The van der Waals surface area contributed by atoms with E-state index in [1.165, 1.54) is 12.1 Å². The van der Waals surface area contributed by atoms with E-state index in [0.717, 1.165) is 5.69 Å². The number of halogens is 1. The first-order valence-corrected chi connectivity index (χ1v) is 5.15. The molecule has 1 N–H and O–H groups in total. The first-order chi connectivity index (χ1) is 7.67. The summed E-state index contributed by atoms with van der Waals surface area (Å²) in [5.74, 6) is -0.278. The summed E-state index contributed by atoms with van der Waals surface area (Å²) in [4.78, 5) is 0. The van der Waals surface area contributed by atoms with Crippen LogP contribution in [0.1, 0.15) is 12.8 Å². The Morgan fingerprint density at radius 3 is 2.56 bits per heavy atom. The molecule has 0 spiro atoms. The maximum atomic E-state index is 12.7. The fourth-order valence-electron chi connectivity index (χ4n) is 1.92. The molecule has 1 aromatic carbocycles. The Morgan fingerprint density at radius 1 is 1.44 bits per heavy atom. The van der Waals surface area contributed by atoms with Crippen molar-refractivity contribution in [1.82, 2.24) is 0 Å². The first-order valence-electron chi connectivity index (χ1n) is 5.15. The molecule has 0 aliphatic heterocycles. The quantitative estimate of drug-likeness (QED) is 0.850. The van der Waals surface area contributed by atoms with Crippen molar-refractivity contribution in [3.63, 3.8) is 0 Å². The van der Waals surface area contributed by atoms with Crippen molar-refractivity contribution in [2.75, 3.05) is 12.4 Å². The zero-order valence-electron chi connectivity index (χ0n) is 9.03. The molecule has 0 unspecified atom stereocenters. The second kappa shape index (κ2) is 4.11. The number of methoxy groups -OCH3 is 1. The summed E-state index contributed by atoms with van der Waals surface area (Å²) >= 11 is 0. The minimum Gasteiger partial charge on any atom is -0.381 e. The van der Waals surface area contributed by atoms with E-state index < -0.39 is 5.54 Å². The molecule has 16 heavy (non-hydrogen) atoms. The van der Waals surface area contributed by atoms with Crippen LogP contribution in [0.15, 0.2) is 24.3 Å². The van der Waals surface area contributed by atoms with Gasteiger partial charge in [0.25, 0.3) is 0 Å². The molecule has 0 heterocycles. The number of ether oxygens (including phenoxy) is 1. The van der Waals surface area contributed by atoms with Crippen molar-refractivity contribution in [2.24, 2.45) is 0 Å². The number of hydrogen-bond donors (Lipinski definition) is 1. The van der Waals surface area contributed by atoms with Crippen LogP contribution in [0.2, 0.25) is 0 Å². The highest BCUT2D eigenvalue weighted by molar-refractivity contribution is 5.49. The summed E-state index contributed by atoms with van der Waals surface area (Å²) in [7, 11) is 1.64. The van der Waals surface area contributed by atoms with E-state index >= 15 is 0 Å². The molecule has 0 bridgehead atoms. The van der Waals surface area contributed by atoms with Crippen LogP contribution in [-0.2, 0) is 4.74 Å². The molecular formula is C12H13FN2O. The van der Waals surface area contributed by atoms with Crippen molar-refractivity contribution < 1.29 is 9.13 Å². The number of nitriles is 1. The van der Waals surface area contributed by atoms with Gasteiger partial charge in [-0.2, -0.15) is 5.26 Å². The number of benzene rings is 1. The lowest BCUT2D eigenvalue weighted by Gasteiger charge is -2.42. The average Bonchev–Trinajstić information content (AvgIpc) is 2.26. The van der Waals surface area contributed by atoms with Crippen LogP contribution in [0.5, 0.6) is 0 Å². The smallest absolute Gasteiger partial charge is 0.130 e. The third kappa shape index (κ3) is 2.00. The van der Waals surface area contributed by atoms with E-state index in [1.54, 1.807) is 19.2 Å². The Hall–Kier alpha value is -1.60. The maximum Gasteiger partial charge on any atom is 0.130 e. The molecule has 84 valence electrons. The summed E-state index contributed by atoms with van der Waals surface area (Å²) in [6.45, 7) is 0. The van der Waals surface area contributed by atoms with Gasteiger partial charge in [-0.15, -0.1) is 0 Å². The van der Waals surface area contributed by atoms with E-state index in [2.05, 4.69) is 11.4 Å². The lowest BCUT2D eigenvalue weighted by Crippen LogP contribution is -2.52. The minimum absolute atomic E-state index is 0.146. The zero-order valence-corrected chi connectivity index (χ0v) is 9.03. The van der Waals surface area contributed by atoms with Gasteiger partial charge in [-0.05, 0) is 24.3 Å². The molecule has 1 fully saturated rings. The van der Waals surface area contributed by atoms with Crippen LogP contribution in [0.3, 0.4) is 0 Å². The first kappa shape index (κ1) is 10.9. The average molecular weight is 220 g/mol. The van der Waals surface area contributed by atoms with Crippen LogP contribution in [0, 0.1) is 17.1 Å². The molecule has 0 amide bonds. The highest BCUT2D eigenvalue weighted by Crippen LogP contribution is 2.36. The Balaban J connectivity index is 2.04. The van der Waals surface area contributed by atoms with Gasteiger partial charge in [0, 0.05) is 25.6 Å². The summed E-state index contributed by atoms with van der Waals surface area (Å²) in [5.41, 5.74) is 0.205. The van der Waals surface area contributed by atoms with E-state index in [-0.39, 0.29) is 11.9 Å². The largest absolute Gasteiger partial charge is 0.381 e. The van der Waals surface area contributed by atoms with Gasteiger partial charge >= 0.3 is 0 Å². The van der Waals surface area contributed by atoms with Crippen molar-refractivity contribution in [3.05, 3.63) is 30.1 Å². The third-order valence-electron chi connectivity index (χ3n) is 2.93. The molecule has 2 rings (SSSR count). The van der Waals surface area contributed by atoms with Gasteiger partial charge in [0.2, 0.25) is 0 Å². The van der Waals surface area contributed by atoms with Crippen molar-refractivity contribution in [3.8, 4) is 6.07 Å². The van der Waals surface area contributed by atoms with Crippen LogP contribution in [0.25, 0.3) is 0 Å². The topological polar surface area (TPSA) is 45.0 Å². The lowest BCUT2D eigenvalue weighted by molar-refractivity contribution is 0.0129. The second-order valence-electron chi connectivity index (χ2n) is 4.09. The molecule has 0 aromatic heterocycles. The van der Waals surface area contributed by atoms with Crippen LogP contribution >= 0.6 is 0 Å². The van der Waals surface area contributed by atoms with E-state index in [1.807, 2.05) is 0 Å².